The van der Waals surface area contributed by atoms with E-state index in [4.69, 9.17) is 14.2 Å². The van der Waals surface area contributed by atoms with Crippen LogP contribution in [0.15, 0.2) is 0 Å². The van der Waals surface area contributed by atoms with Crippen LogP contribution < -0.4 is 5.32 Å². The Balaban J connectivity index is 1.31. The first-order valence-corrected chi connectivity index (χ1v) is 7.39. The fourth-order valence-corrected chi connectivity index (χ4v) is 2.94. The van der Waals surface area contributed by atoms with Crippen molar-refractivity contribution in [1.82, 2.24) is 5.32 Å². The molecule has 1 spiro atoms. The Hall–Kier alpha value is -0.160. The highest BCUT2D eigenvalue weighted by Crippen LogP contribution is 2.32. The molecule has 2 heterocycles. The molecule has 0 radical (unpaired) electrons. The first-order valence-electron chi connectivity index (χ1n) is 7.39. The normalized spacial score (nSPS) is 36.3. The predicted octanol–water partition coefficient (Wildman–Crippen LogP) is 1.34. The fraction of sp³-hybridized carbons (Fsp3) is 1.00. The minimum atomic E-state index is 0.0186. The molecule has 18 heavy (non-hydrogen) atoms. The number of rotatable bonds is 6. The van der Waals surface area contributed by atoms with Gasteiger partial charge in [0.2, 0.25) is 0 Å². The fourth-order valence-electron chi connectivity index (χ4n) is 2.94. The van der Waals surface area contributed by atoms with Gasteiger partial charge in [0.25, 0.3) is 0 Å². The van der Waals surface area contributed by atoms with Crippen molar-refractivity contribution in [3.05, 3.63) is 0 Å². The molecule has 104 valence electrons. The molecule has 3 aliphatic rings. The van der Waals surface area contributed by atoms with E-state index in [-0.39, 0.29) is 5.60 Å². The summed E-state index contributed by atoms with van der Waals surface area (Å²) in [6, 6.07) is 0.574. The minimum Gasteiger partial charge on any atom is -0.380 e. The first kappa shape index (κ1) is 12.9. The highest BCUT2D eigenvalue weighted by atomic mass is 16.6. The lowest BCUT2D eigenvalue weighted by molar-refractivity contribution is -0.0896. The molecule has 3 fully saturated rings. The van der Waals surface area contributed by atoms with E-state index >= 15 is 0 Å². The van der Waals surface area contributed by atoms with Crippen molar-refractivity contribution in [3.63, 3.8) is 0 Å². The topological polar surface area (TPSA) is 39.7 Å². The van der Waals surface area contributed by atoms with Crippen LogP contribution in [0.4, 0.5) is 0 Å². The van der Waals surface area contributed by atoms with E-state index in [0.717, 1.165) is 64.8 Å². The van der Waals surface area contributed by atoms with Gasteiger partial charge in [0.15, 0.2) is 0 Å². The van der Waals surface area contributed by atoms with E-state index in [1.54, 1.807) is 0 Å². The summed E-state index contributed by atoms with van der Waals surface area (Å²) >= 11 is 0. The number of ether oxygens (including phenoxy) is 3. The van der Waals surface area contributed by atoms with Crippen LogP contribution in [0.1, 0.15) is 32.1 Å². The second kappa shape index (κ2) is 5.87. The van der Waals surface area contributed by atoms with Gasteiger partial charge in [0, 0.05) is 38.8 Å². The van der Waals surface area contributed by atoms with Crippen molar-refractivity contribution in [2.24, 2.45) is 5.92 Å². The average Bonchev–Trinajstić information content (AvgIpc) is 3.11. The van der Waals surface area contributed by atoms with Gasteiger partial charge in [-0.15, -0.1) is 0 Å². The average molecular weight is 255 g/mol. The molecule has 0 amide bonds. The SMILES string of the molecule is C(COCC1CC1)NC1CCOC2(CCOC2)C1. The molecule has 1 saturated carbocycles. The Morgan fingerprint density at radius 3 is 2.94 bits per heavy atom. The Morgan fingerprint density at radius 2 is 2.17 bits per heavy atom. The van der Waals surface area contributed by atoms with Gasteiger partial charge in [0.05, 0.1) is 18.8 Å². The number of hydrogen-bond donors (Lipinski definition) is 1. The quantitative estimate of drug-likeness (QED) is 0.727. The molecule has 1 N–H and O–H groups in total. The standard InChI is InChI=1S/C14H25NO3/c1-2-12(1)10-16-8-5-15-13-3-6-18-14(9-13)4-7-17-11-14/h12-13,15H,1-11H2. The summed E-state index contributed by atoms with van der Waals surface area (Å²) in [6.45, 7) is 5.28. The first-order chi connectivity index (χ1) is 8.86. The Morgan fingerprint density at radius 1 is 1.22 bits per heavy atom. The van der Waals surface area contributed by atoms with E-state index in [2.05, 4.69) is 5.32 Å². The molecule has 0 aromatic heterocycles. The van der Waals surface area contributed by atoms with Gasteiger partial charge >= 0.3 is 0 Å². The van der Waals surface area contributed by atoms with E-state index in [1.165, 1.54) is 12.8 Å². The third-order valence-electron chi connectivity index (χ3n) is 4.29. The molecule has 0 aromatic carbocycles. The van der Waals surface area contributed by atoms with E-state index in [9.17, 15) is 0 Å². The van der Waals surface area contributed by atoms with Crippen molar-refractivity contribution >= 4 is 0 Å². The molecule has 0 bridgehead atoms. The van der Waals surface area contributed by atoms with Crippen molar-refractivity contribution in [3.8, 4) is 0 Å². The summed E-state index contributed by atoms with van der Waals surface area (Å²) < 4.78 is 17.1. The van der Waals surface area contributed by atoms with Crippen molar-refractivity contribution < 1.29 is 14.2 Å². The summed E-state index contributed by atoms with van der Waals surface area (Å²) in [4.78, 5) is 0. The lowest BCUT2D eigenvalue weighted by Gasteiger charge is -2.37. The molecule has 3 rings (SSSR count). The maximum atomic E-state index is 5.93. The van der Waals surface area contributed by atoms with Gasteiger partial charge in [-0.25, -0.2) is 0 Å². The highest BCUT2D eigenvalue weighted by Gasteiger charge is 2.40. The Bertz CT molecular complexity index is 262. The molecule has 1 aliphatic carbocycles. The van der Waals surface area contributed by atoms with Crippen LogP contribution in [0.5, 0.6) is 0 Å². The Kier molecular flexibility index (Phi) is 4.19. The van der Waals surface area contributed by atoms with Crippen molar-refractivity contribution in [2.75, 3.05) is 39.6 Å². The van der Waals surface area contributed by atoms with Crippen LogP contribution in [0, 0.1) is 5.92 Å². The van der Waals surface area contributed by atoms with Crippen LogP contribution in [0.3, 0.4) is 0 Å². The second-order valence-electron chi connectivity index (χ2n) is 6.00. The molecule has 2 unspecified atom stereocenters. The second-order valence-corrected chi connectivity index (χ2v) is 6.00. The molecular weight excluding hydrogens is 230 g/mol. The molecule has 0 aromatic rings. The number of nitrogens with one attached hydrogen (secondary N) is 1. The van der Waals surface area contributed by atoms with Gasteiger partial charge < -0.3 is 19.5 Å². The maximum Gasteiger partial charge on any atom is 0.0951 e. The lowest BCUT2D eigenvalue weighted by Crippen LogP contribution is -2.48. The molecular formula is C14H25NO3. The van der Waals surface area contributed by atoms with Gasteiger partial charge in [-0.1, -0.05) is 0 Å². The summed E-state index contributed by atoms with van der Waals surface area (Å²) in [5.74, 6) is 0.868. The van der Waals surface area contributed by atoms with Crippen LogP contribution in [0.25, 0.3) is 0 Å². The van der Waals surface area contributed by atoms with Crippen LogP contribution >= 0.6 is 0 Å². The third-order valence-corrected chi connectivity index (χ3v) is 4.29. The molecule has 2 saturated heterocycles. The maximum absolute atomic E-state index is 5.93. The Labute approximate surface area is 109 Å². The summed E-state index contributed by atoms with van der Waals surface area (Å²) in [7, 11) is 0. The molecule has 2 aliphatic heterocycles. The zero-order chi connectivity index (χ0) is 12.3. The molecule has 4 nitrogen and oxygen atoms in total. The zero-order valence-corrected chi connectivity index (χ0v) is 11.2. The van der Waals surface area contributed by atoms with E-state index < -0.39 is 0 Å². The van der Waals surface area contributed by atoms with E-state index in [1.807, 2.05) is 0 Å². The largest absolute Gasteiger partial charge is 0.380 e. The van der Waals surface area contributed by atoms with Gasteiger partial charge in [0.1, 0.15) is 0 Å². The lowest BCUT2D eigenvalue weighted by atomic mass is 9.90. The van der Waals surface area contributed by atoms with E-state index in [0.29, 0.717) is 6.04 Å². The third kappa shape index (κ3) is 3.44. The van der Waals surface area contributed by atoms with Crippen LogP contribution in [-0.2, 0) is 14.2 Å². The molecule has 4 heteroatoms. The van der Waals surface area contributed by atoms with Crippen LogP contribution in [0.2, 0.25) is 0 Å². The predicted molar refractivity (Wildman–Crippen MR) is 68.7 cm³/mol. The zero-order valence-electron chi connectivity index (χ0n) is 11.2. The summed E-state index contributed by atoms with van der Waals surface area (Å²) in [6.07, 6.45) is 6.01. The van der Waals surface area contributed by atoms with Gasteiger partial charge in [-0.2, -0.15) is 0 Å². The van der Waals surface area contributed by atoms with Crippen molar-refractivity contribution in [2.45, 2.75) is 43.7 Å². The highest BCUT2D eigenvalue weighted by molar-refractivity contribution is 4.92. The van der Waals surface area contributed by atoms with Crippen molar-refractivity contribution in [1.29, 1.82) is 0 Å². The van der Waals surface area contributed by atoms with Gasteiger partial charge in [-0.3, -0.25) is 0 Å². The monoisotopic (exact) mass is 255 g/mol. The minimum absolute atomic E-state index is 0.0186. The number of hydrogen-bond acceptors (Lipinski definition) is 4. The smallest absolute Gasteiger partial charge is 0.0951 e. The summed E-state index contributed by atoms with van der Waals surface area (Å²) in [5.41, 5.74) is 0.0186. The molecule has 2 atom stereocenters. The van der Waals surface area contributed by atoms with Gasteiger partial charge in [-0.05, 0) is 31.6 Å². The summed E-state index contributed by atoms with van der Waals surface area (Å²) in [5, 5.41) is 3.61. The van der Waals surface area contributed by atoms with Crippen LogP contribution in [-0.4, -0.2) is 51.2 Å².